The number of halogens is 1. The molecule has 0 bridgehead atoms. The Kier molecular flexibility index (Phi) is 4.82. The molecule has 2 N–H and O–H groups in total. The zero-order valence-electron chi connectivity index (χ0n) is 9.94. The van der Waals surface area contributed by atoms with Crippen LogP contribution in [0.2, 0.25) is 0 Å². The topological polar surface area (TPSA) is 51.8 Å². The molecule has 1 aromatic heterocycles. The normalized spacial score (nSPS) is 20.8. The van der Waals surface area contributed by atoms with Crippen LogP contribution in [0, 0.1) is 3.57 Å². The lowest BCUT2D eigenvalue weighted by atomic mass is 10.1. The maximum absolute atomic E-state index is 5.99. The van der Waals surface area contributed by atoms with Crippen molar-refractivity contribution in [3.05, 3.63) is 15.1 Å². The minimum absolute atomic E-state index is 0.396. The summed E-state index contributed by atoms with van der Waals surface area (Å²) < 4.78 is 1.01. The molecule has 1 saturated heterocycles. The highest BCUT2D eigenvalue weighted by Crippen LogP contribution is 2.36. The highest BCUT2D eigenvalue weighted by molar-refractivity contribution is 14.1. The van der Waals surface area contributed by atoms with Gasteiger partial charge in [0.25, 0.3) is 0 Å². The van der Waals surface area contributed by atoms with Gasteiger partial charge in [-0.3, -0.25) is 0 Å². The first kappa shape index (κ1) is 13.7. The molecule has 2 rings (SSSR count). The smallest absolute Gasteiger partial charge is 0.144 e. The maximum Gasteiger partial charge on any atom is 0.144 e. The van der Waals surface area contributed by atoms with E-state index in [1.54, 1.807) is 0 Å². The summed E-state index contributed by atoms with van der Waals surface area (Å²) in [5, 5.41) is 0.408. The highest BCUT2D eigenvalue weighted by atomic mass is 127. The molecule has 94 valence electrons. The molecule has 0 saturated carbocycles. The lowest BCUT2D eigenvalue weighted by molar-refractivity contribution is 0.778. The minimum Gasteiger partial charge on any atom is -0.383 e. The zero-order chi connectivity index (χ0) is 12.4. The lowest BCUT2D eigenvalue weighted by Crippen LogP contribution is -2.14. The van der Waals surface area contributed by atoms with E-state index in [1.165, 1.54) is 11.5 Å². The summed E-state index contributed by atoms with van der Waals surface area (Å²) in [7, 11) is 0. The van der Waals surface area contributed by atoms with Crippen molar-refractivity contribution in [1.29, 1.82) is 0 Å². The van der Waals surface area contributed by atoms with E-state index in [0.29, 0.717) is 17.0 Å². The average molecular weight is 381 g/mol. The third-order valence-corrected chi connectivity index (χ3v) is 6.43. The van der Waals surface area contributed by atoms with Crippen LogP contribution in [-0.2, 0) is 0 Å². The molecule has 0 amide bonds. The van der Waals surface area contributed by atoms with Gasteiger partial charge in [-0.2, -0.15) is 11.8 Å². The van der Waals surface area contributed by atoms with E-state index in [2.05, 4.69) is 41.4 Å². The number of aromatic nitrogens is 2. The van der Waals surface area contributed by atoms with E-state index in [4.69, 9.17) is 10.7 Å². The van der Waals surface area contributed by atoms with Gasteiger partial charge >= 0.3 is 0 Å². The first-order valence-electron chi connectivity index (χ1n) is 5.61. The molecule has 0 aromatic carbocycles. The molecular formula is C11H16IN3S2. The summed E-state index contributed by atoms with van der Waals surface area (Å²) in [5.74, 6) is 5.47. The van der Waals surface area contributed by atoms with Crippen LogP contribution in [0.25, 0.3) is 0 Å². The molecule has 0 aliphatic carbocycles. The second kappa shape index (κ2) is 5.97. The first-order valence-corrected chi connectivity index (χ1v) is 8.90. The summed E-state index contributed by atoms with van der Waals surface area (Å²) in [6.45, 7) is 4.30. The van der Waals surface area contributed by atoms with E-state index in [-0.39, 0.29) is 0 Å². The van der Waals surface area contributed by atoms with Crippen LogP contribution < -0.4 is 5.73 Å². The second-order valence-electron chi connectivity index (χ2n) is 4.26. The second-order valence-corrected chi connectivity index (χ2v) is 7.79. The molecule has 1 aliphatic heterocycles. The number of nitrogens with two attached hydrogens (primary N) is 1. The van der Waals surface area contributed by atoms with Gasteiger partial charge in [-0.25, -0.2) is 9.97 Å². The van der Waals surface area contributed by atoms with Crippen molar-refractivity contribution < 1.29 is 0 Å². The summed E-state index contributed by atoms with van der Waals surface area (Å²) in [6, 6.07) is 0. The fourth-order valence-corrected chi connectivity index (χ4v) is 5.13. The van der Waals surface area contributed by atoms with Crippen molar-refractivity contribution in [3.63, 3.8) is 0 Å². The summed E-state index contributed by atoms with van der Waals surface area (Å²) in [5.41, 5.74) is 7.08. The third-order valence-electron chi connectivity index (χ3n) is 2.57. The molecule has 0 radical (unpaired) electrons. The molecule has 1 unspecified atom stereocenters. The van der Waals surface area contributed by atoms with Gasteiger partial charge in [-0.05, 0) is 28.5 Å². The van der Waals surface area contributed by atoms with Crippen molar-refractivity contribution in [3.8, 4) is 0 Å². The SMILES string of the molecule is CC(C)c1nc(C2CSCCS2)nc(N)c1I. The molecule has 0 spiro atoms. The quantitative estimate of drug-likeness (QED) is 0.797. The number of hydrogen-bond acceptors (Lipinski definition) is 5. The van der Waals surface area contributed by atoms with Crippen molar-refractivity contribution in [1.82, 2.24) is 9.97 Å². The highest BCUT2D eigenvalue weighted by Gasteiger charge is 2.22. The summed E-state index contributed by atoms with van der Waals surface area (Å²) in [4.78, 5) is 9.19. The standard InChI is InChI=1S/C11H16IN3S2/c1-6(2)9-8(12)10(13)15-11(14-9)7-5-16-3-4-17-7/h6-7H,3-5H2,1-2H3,(H2,13,14,15). The number of nitrogen functional groups attached to an aromatic ring is 1. The number of hydrogen-bond donors (Lipinski definition) is 1. The first-order chi connectivity index (χ1) is 8.09. The lowest BCUT2D eigenvalue weighted by Gasteiger charge is -2.21. The Morgan fingerprint density at radius 2 is 2.12 bits per heavy atom. The van der Waals surface area contributed by atoms with E-state index < -0.39 is 0 Å². The van der Waals surface area contributed by atoms with Crippen molar-refractivity contribution in [2.45, 2.75) is 25.0 Å². The van der Waals surface area contributed by atoms with Crippen LogP contribution in [0.15, 0.2) is 0 Å². The van der Waals surface area contributed by atoms with Crippen LogP contribution >= 0.6 is 46.1 Å². The Balaban J connectivity index is 2.34. The molecule has 6 heteroatoms. The van der Waals surface area contributed by atoms with Crippen LogP contribution in [0.5, 0.6) is 0 Å². The predicted molar refractivity (Wildman–Crippen MR) is 85.8 cm³/mol. The van der Waals surface area contributed by atoms with Gasteiger partial charge in [-0.1, -0.05) is 13.8 Å². The van der Waals surface area contributed by atoms with Gasteiger partial charge in [-0.15, -0.1) is 11.8 Å². The third kappa shape index (κ3) is 3.20. The monoisotopic (exact) mass is 381 g/mol. The van der Waals surface area contributed by atoms with Gasteiger partial charge in [0.05, 0.1) is 14.5 Å². The molecular weight excluding hydrogens is 365 g/mol. The Bertz CT molecular complexity index is 406. The average Bonchev–Trinajstić information content (AvgIpc) is 2.33. The molecule has 2 heterocycles. The summed E-state index contributed by atoms with van der Waals surface area (Å²) in [6.07, 6.45) is 0. The number of nitrogens with zero attached hydrogens (tertiary/aromatic N) is 2. The van der Waals surface area contributed by atoms with Gasteiger partial charge in [0.2, 0.25) is 0 Å². The van der Waals surface area contributed by atoms with Crippen LogP contribution in [0.4, 0.5) is 5.82 Å². The van der Waals surface area contributed by atoms with Crippen molar-refractivity contribution in [2.24, 2.45) is 0 Å². The molecule has 17 heavy (non-hydrogen) atoms. The van der Waals surface area contributed by atoms with Crippen molar-refractivity contribution in [2.75, 3.05) is 23.0 Å². The Hall–Kier alpha value is 0.310. The van der Waals surface area contributed by atoms with Crippen LogP contribution in [0.1, 0.15) is 36.5 Å². The van der Waals surface area contributed by atoms with E-state index in [0.717, 1.165) is 20.8 Å². The zero-order valence-corrected chi connectivity index (χ0v) is 13.7. The fraction of sp³-hybridized carbons (Fsp3) is 0.636. The van der Waals surface area contributed by atoms with Gasteiger partial charge in [0.1, 0.15) is 11.6 Å². The van der Waals surface area contributed by atoms with E-state index in [1.807, 2.05) is 23.5 Å². The molecule has 1 aromatic rings. The van der Waals surface area contributed by atoms with Crippen molar-refractivity contribution >= 4 is 51.9 Å². The molecule has 1 atom stereocenters. The molecule has 1 fully saturated rings. The van der Waals surface area contributed by atoms with Gasteiger partial charge in [0.15, 0.2) is 0 Å². The number of rotatable bonds is 2. The molecule has 3 nitrogen and oxygen atoms in total. The Labute approximate surface area is 124 Å². The van der Waals surface area contributed by atoms with Crippen LogP contribution in [0.3, 0.4) is 0 Å². The Morgan fingerprint density at radius 1 is 1.35 bits per heavy atom. The predicted octanol–water partition coefficient (Wildman–Crippen LogP) is 3.31. The van der Waals surface area contributed by atoms with E-state index in [9.17, 15) is 0 Å². The largest absolute Gasteiger partial charge is 0.383 e. The number of anilines is 1. The molecule has 1 aliphatic rings. The van der Waals surface area contributed by atoms with Gasteiger partial charge in [0, 0.05) is 17.3 Å². The summed E-state index contributed by atoms with van der Waals surface area (Å²) >= 11 is 6.17. The maximum atomic E-state index is 5.99. The number of thioether (sulfide) groups is 2. The van der Waals surface area contributed by atoms with E-state index >= 15 is 0 Å². The Morgan fingerprint density at radius 3 is 2.71 bits per heavy atom. The minimum atomic E-state index is 0.396. The van der Waals surface area contributed by atoms with Crippen LogP contribution in [-0.4, -0.2) is 27.2 Å². The fourth-order valence-electron chi connectivity index (χ4n) is 1.66. The van der Waals surface area contributed by atoms with Gasteiger partial charge < -0.3 is 5.73 Å².